The highest BCUT2D eigenvalue weighted by Crippen LogP contribution is 2.20. The number of anilines is 1. The number of hydrogen-bond acceptors (Lipinski definition) is 4. The first kappa shape index (κ1) is 14.5. The van der Waals surface area contributed by atoms with E-state index in [1.165, 1.54) is 6.20 Å². The van der Waals surface area contributed by atoms with Gasteiger partial charge in [-0.25, -0.2) is 8.42 Å². The first-order valence-corrected chi connectivity index (χ1v) is 7.66. The van der Waals surface area contributed by atoms with Crippen LogP contribution in [0.4, 0.5) is 5.69 Å². The summed E-state index contributed by atoms with van der Waals surface area (Å²) in [5.74, 6) is 0. The Labute approximate surface area is 118 Å². The van der Waals surface area contributed by atoms with Crippen LogP contribution in [0.3, 0.4) is 0 Å². The molecule has 5 nitrogen and oxygen atoms in total. The van der Waals surface area contributed by atoms with Gasteiger partial charge in [-0.1, -0.05) is 12.1 Å². The molecule has 3 N–H and O–H groups in total. The molecule has 0 spiro atoms. The number of nitrogens with zero attached hydrogens (tertiary/aromatic N) is 1. The van der Waals surface area contributed by atoms with E-state index in [1.54, 1.807) is 31.2 Å². The molecule has 0 saturated heterocycles. The SMILES string of the molecule is Cc1ccc(NS(=O)(=O)c2cc(CN)ccc2C)cn1. The Hall–Kier alpha value is -1.92. The minimum Gasteiger partial charge on any atom is -0.326 e. The molecule has 0 fully saturated rings. The average Bonchev–Trinajstić information content (AvgIpc) is 2.41. The van der Waals surface area contributed by atoms with Gasteiger partial charge >= 0.3 is 0 Å². The fourth-order valence-electron chi connectivity index (χ4n) is 1.80. The van der Waals surface area contributed by atoms with E-state index in [4.69, 9.17) is 5.73 Å². The van der Waals surface area contributed by atoms with Crippen molar-refractivity contribution in [3.8, 4) is 0 Å². The Morgan fingerprint density at radius 3 is 2.55 bits per heavy atom. The maximum absolute atomic E-state index is 12.4. The van der Waals surface area contributed by atoms with Crippen molar-refractivity contribution in [3.63, 3.8) is 0 Å². The lowest BCUT2D eigenvalue weighted by molar-refractivity contribution is 0.600. The molecule has 0 aliphatic carbocycles. The molecule has 106 valence electrons. The number of rotatable bonds is 4. The van der Waals surface area contributed by atoms with Gasteiger partial charge in [0.15, 0.2) is 0 Å². The van der Waals surface area contributed by atoms with E-state index in [0.717, 1.165) is 11.3 Å². The summed E-state index contributed by atoms with van der Waals surface area (Å²) < 4.78 is 27.3. The predicted octanol–water partition coefficient (Wildman–Crippen LogP) is 1.96. The lowest BCUT2D eigenvalue weighted by Crippen LogP contribution is -2.15. The highest BCUT2D eigenvalue weighted by molar-refractivity contribution is 7.92. The topological polar surface area (TPSA) is 85.1 Å². The molecule has 6 heteroatoms. The summed E-state index contributed by atoms with van der Waals surface area (Å²) in [4.78, 5) is 4.30. The number of aromatic nitrogens is 1. The van der Waals surface area contributed by atoms with E-state index >= 15 is 0 Å². The van der Waals surface area contributed by atoms with Crippen LogP contribution in [-0.4, -0.2) is 13.4 Å². The Morgan fingerprint density at radius 1 is 1.20 bits per heavy atom. The molecule has 0 amide bonds. The number of nitrogens with one attached hydrogen (secondary N) is 1. The fraction of sp³-hybridized carbons (Fsp3) is 0.214. The standard InChI is InChI=1S/C14H17N3O2S/c1-10-3-5-12(8-15)7-14(10)20(18,19)17-13-6-4-11(2)16-9-13/h3-7,9,17H,8,15H2,1-2H3. The van der Waals surface area contributed by atoms with E-state index in [2.05, 4.69) is 9.71 Å². The van der Waals surface area contributed by atoms with Gasteiger partial charge in [0, 0.05) is 12.2 Å². The van der Waals surface area contributed by atoms with Crippen LogP contribution >= 0.6 is 0 Å². The molecular formula is C14H17N3O2S. The van der Waals surface area contributed by atoms with Crippen molar-refractivity contribution in [2.24, 2.45) is 5.73 Å². The largest absolute Gasteiger partial charge is 0.326 e. The Kier molecular flexibility index (Phi) is 4.06. The van der Waals surface area contributed by atoms with Gasteiger partial charge in [-0.2, -0.15) is 0 Å². The van der Waals surface area contributed by atoms with Gasteiger partial charge in [0.1, 0.15) is 0 Å². The van der Waals surface area contributed by atoms with Crippen LogP contribution in [-0.2, 0) is 16.6 Å². The molecular weight excluding hydrogens is 274 g/mol. The highest BCUT2D eigenvalue weighted by Gasteiger charge is 2.17. The highest BCUT2D eigenvalue weighted by atomic mass is 32.2. The molecule has 0 unspecified atom stereocenters. The van der Waals surface area contributed by atoms with Crippen LogP contribution in [0, 0.1) is 13.8 Å². The number of sulfonamides is 1. The second kappa shape index (κ2) is 5.60. The molecule has 1 aromatic carbocycles. The summed E-state index contributed by atoms with van der Waals surface area (Å²) in [5.41, 5.74) is 8.27. The van der Waals surface area contributed by atoms with E-state index in [0.29, 0.717) is 17.8 Å². The maximum Gasteiger partial charge on any atom is 0.262 e. The molecule has 0 atom stereocenters. The third kappa shape index (κ3) is 3.15. The quantitative estimate of drug-likeness (QED) is 0.901. The summed E-state index contributed by atoms with van der Waals surface area (Å²) in [6.45, 7) is 3.89. The lowest BCUT2D eigenvalue weighted by atomic mass is 10.1. The third-order valence-electron chi connectivity index (χ3n) is 2.94. The van der Waals surface area contributed by atoms with Crippen LogP contribution in [0.2, 0.25) is 0 Å². The van der Waals surface area contributed by atoms with Crippen molar-refractivity contribution >= 4 is 15.7 Å². The summed E-state index contributed by atoms with van der Waals surface area (Å²) in [6.07, 6.45) is 1.50. The van der Waals surface area contributed by atoms with Crippen LogP contribution < -0.4 is 10.5 Å². The van der Waals surface area contributed by atoms with Crippen molar-refractivity contribution in [1.29, 1.82) is 0 Å². The third-order valence-corrected chi connectivity index (χ3v) is 4.46. The molecule has 0 bridgehead atoms. The summed E-state index contributed by atoms with van der Waals surface area (Å²) in [5, 5.41) is 0. The normalized spacial score (nSPS) is 11.3. The van der Waals surface area contributed by atoms with Crippen molar-refractivity contribution in [2.45, 2.75) is 25.3 Å². The smallest absolute Gasteiger partial charge is 0.262 e. The van der Waals surface area contributed by atoms with Gasteiger partial charge in [0.05, 0.1) is 16.8 Å². The Balaban J connectivity index is 2.37. The summed E-state index contributed by atoms with van der Waals surface area (Å²) in [7, 11) is -3.64. The van der Waals surface area contributed by atoms with E-state index in [1.807, 2.05) is 13.0 Å². The minimum atomic E-state index is -3.64. The van der Waals surface area contributed by atoms with Gasteiger partial charge in [-0.05, 0) is 43.2 Å². The van der Waals surface area contributed by atoms with Crippen molar-refractivity contribution in [3.05, 3.63) is 53.3 Å². The molecule has 0 aliphatic rings. The number of aryl methyl sites for hydroxylation is 2. The molecule has 20 heavy (non-hydrogen) atoms. The zero-order chi connectivity index (χ0) is 14.8. The molecule has 1 aromatic heterocycles. The van der Waals surface area contributed by atoms with Crippen LogP contribution in [0.25, 0.3) is 0 Å². The van der Waals surface area contributed by atoms with Crippen molar-refractivity contribution in [2.75, 3.05) is 4.72 Å². The van der Waals surface area contributed by atoms with E-state index < -0.39 is 10.0 Å². The van der Waals surface area contributed by atoms with Crippen LogP contribution in [0.1, 0.15) is 16.8 Å². The molecule has 0 saturated carbocycles. The fourth-order valence-corrected chi connectivity index (χ4v) is 3.14. The molecule has 2 aromatic rings. The zero-order valence-electron chi connectivity index (χ0n) is 11.4. The summed E-state index contributed by atoms with van der Waals surface area (Å²) in [6, 6.07) is 8.61. The second-order valence-corrected chi connectivity index (χ2v) is 6.25. The van der Waals surface area contributed by atoms with Gasteiger partial charge in [0.25, 0.3) is 10.0 Å². The van der Waals surface area contributed by atoms with Gasteiger partial charge in [-0.15, -0.1) is 0 Å². The second-order valence-electron chi connectivity index (χ2n) is 4.60. The molecule has 0 aliphatic heterocycles. The zero-order valence-corrected chi connectivity index (χ0v) is 12.2. The Morgan fingerprint density at radius 2 is 1.95 bits per heavy atom. The molecule has 1 heterocycles. The summed E-state index contributed by atoms with van der Waals surface area (Å²) >= 11 is 0. The van der Waals surface area contributed by atoms with Gasteiger partial charge in [-0.3, -0.25) is 9.71 Å². The number of nitrogens with two attached hydrogens (primary N) is 1. The monoisotopic (exact) mass is 291 g/mol. The number of pyridine rings is 1. The van der Waals surface area contributed by atoms with E-state index in [-0.39, 0.29) is 4.90 Å². The van der Waals surface area contributed by atoms with Crippen molar-refractivity contribution in [1.82, 2.24) is 4.98 Å². The lowest BCUT2D eigenvalue weighted by Gasteiger charge is -2.11. The molecule has 0 radical (unpaired) electrons. The molecule has 2 rings (SSSR count). The number of benzene rings is 1. The van der Waals surface area contributed by atoms with Gasteiger partial charge < -0.3 is 5.73 Å². The first-order chi connectivity index (χ1) is 9.42. The van der Waals surface area contributed by atoms with Gasteiger partial charge in [0.2, 0.25) is 0 Å². The average molecular weight is 291 g/mol. The van der Waals surface area contributed by atoms with Crippen molar-refractivity contribution < 1.29 is 8.42 Å². The van der Waals surface area contributed by atoms with Crippen LogP contribution in [0.15, 0.2) is 41.4 Å². The maximum atomic E-state index is 12.4. The Bertz CT molecular complexity index is 710. The number of hydrogen-bond donors (Lipinski definition) is 2. The predicted molar refractivity (Wildman–Crippen MR) is 78.9 cm³/mol. The van der Waals surface area contributed by atoms with E-state index in [9.17, 15) is 8.42 Å². The first-order valence-electron chi connectivity index (χ1n) is 6.17. The van der Waals surface area contributed by atoms with Crippen LogP contribution in [0.5, 0.6) is 0 Å². The minimum absolute atomic E-state index is 0.237.